The molecule has 0 aromatic heterocycles. The van der Waals surface area contributed by atoms with Gasteiger partial charge in [-0.25, -0.2) is 0 Å². The van der Waals surface area contributed by atoms with Crippen molar-refractivity contribution in [2.75, 3.05) is 0 Å². The average molecular weight is 1010 g/mol. The van der Waals surface area contributed by atoms with Crippen LogP contribution in [0.5, 0.6) is 0 Å². The molecule has 4 aromatic rings. The second-order valence-electron chi connectivity index (χ2n) is 12.7. The van der Waals surface area contributed by atoms with Gasteiger partial charge in [0.1, 0.15) is 0 Å². The fourth-order valence-corrected chi connectivity index (χ4v) is 54.6. The molecule has 4 aliphatic rings. The first-order valence-corrected chi connectivity index (χ1v) is 39.0. The van der Waals surface area contributed by atoms with E-state index < -0.39 is 40.1 Å². The molecule has 0 radical (unpaired) electrons. The van der Waals surface area contributed by atoms with Crippen LogP contribution < -0.4 is 6.64 Å². The predicted molar refractivity (Wildman–Crippen MR) is 202 cm³/mol. The van der Waals surface area contributed by atoms with E-state index >= 15 is 0 Å². The molecular weight excluding hydrogens is 964 g/mol. The molecule has 46 heavy (non-hydrogen) atoms. The van der Waals surface area contributed by atoms with Crippen molar-refractivity contribution < 1.29 is 40.1 Å². The number of fused-ring (bicyclic) bond motifs is 6. The van der Waals surface area contributed by atoms with Crippen LogP contribution in [0.15, 0.2) is 128 Å². The monoisotopic (exact) mass is 1010 g/mol. The van der Waals surface area contributed by atoms with Gasteiger partial charge in [-0.2, -0.15) is 0 Å². The minimum Gasteiger partial charge on any atom is -0.147 e. The normalized spacial score (nSPS) is 13.9. The quantitative estimate of drug-likeness (QED) is 0.155. The molecule has 0 saturated heterocycles. The van der Waals surface area contributed by atoms with Gasteiger partial charge in [0.15, 0.2) is 0 Å². The third kappa shape index (κ3) is 7.00. The van der Waals surface area contributed by atoms with E-state index in [2.05, 4.69) is 148 Å². The van der Waals surface area contributed by atoms with Crippen LogP contribution in [0.4, 0.5) is 0 Å². The zero-order chi connectivity index (χ0) is 30.2. The maximum absolute atomic E-state index is 2.55. The van der Waals surface area contributed by atoms with Crippen molar-refractivity contribution in [3.8, 4) is 22.3 Å². The summed E-state index contributed by atoms with van der Waals surface area (Å²) in [5, 5.41) is 0. The van der Waals surface area contributed by atoms with E-state index in [4.69, 9.17) is 0 Å². The summed E-state index contributed by atoms with van der Waals surface area (Å²) >= 11 is -3.73. The Kier molecular flexibility index (Phi) is 12.4. The van der Waals surface area contributed by atoms with Gasteiger partial charge in [-0.3, -0.25) is 0 Å². The van der Waals surface area contributed by atoms with E-state index in [0.29, 0.717) is 0 Å². The molecule has 0 spiro atoms. The second kappa shape index (κ2) is 15.9. The summed E-state index contributed by atoms with van der Waals surface area (Å²) in [6.07, 6.45) is 18.9. The number of allylic oxidation sites excluding steroid dienone is 8. The first-order valence-electron chi connectivity index (χ1n) is 16.0. The van der Waals surface area contributed by atoms with Crippen molar-refractivity contribution in [1.82, 2.24) is 0 Å². The van der Waals surface area contributed by atoms with Crippen molar-refractivity contribution in [2.24, 2.45) is 0 Å². The first kappa shape index (κ1) is 35.9. The largest absolute Gasteiger partial charge is 0.147 e. The maximum atomic E-state index is 2.55. The summed E-state index contributed by atoms with van der Waals surface area (Å²) in [5.74, 6) is 0. The molecule has 0 bridgehead atoms. The molecule has 0 fully saturated rings. The molecule has 4 aromatic carbocycles. The van der Waals surface area contributed by atoms with Crippen LogP contribution in [-0.2, 0) is 53.0 Å². The molecule has 4 aliphatic carbocycles. The zero-order valence-electron chi connectivity index (χ0n) is 27.2. The smallest absolute Gasteiger partial charge is 0.147 e. The zero-order valence-corrected chi connectivity index (χ0v) is 38.0. The SMILES string of the molecule is C[Si](C)=[Hf]([C]1=CC=CC1)[c]1cccc2c1Cc1ccccc1-2.C[Si](C)=[Hf]([C]1=CC=CC1)[c]1cccc2c1Cc1ccccc1-2.Cl.Cl. The Morgan fingerprint density at radius 2 is 0.870 bits per heavy atom. The van der Waals surface area contributed by atoms with Gasteiger partial charge in [0.05, 0.1) is 0 Å². The standard InChI is InChI=1S/2C13H9.2C5H5.2C2H6Si.2ClH.2Hf/c2*1-3-7-12-10(5-1)9-11-6-2-4-8-13(11)12;2*1-2-4-5-3-1;2*1-3-2;;;;/h2*1-5,7-8H,9H2;2*1-3H,4H2;2*1-2H3;2*1H;;. The first-order chi connectivity index (χ1) is 21.5. The minimum atomic E-state index is -1.87. The summed E-state index contributed by atoms with van der Waals surface area (Å²) in [7, 11) is 0. The van der Waals surface area contributed by atoms with Gasteiger partial charge in [0.2, 0.25) is 0 Å². The molecular formula is C40H42Cl2Hf2Si2. The molecule has 0 N–H and O–H groups in total. The fraction of sp³-hybridized carbons (Fsp3) is 0.200. The van der Waals surface area contributed by atoms with E-state index in [1.54, 1.807) is 17.8 Å². The molecule has 0 nitrogen and oxygen atoms in total. The summed E-state index contributed by atoms with van der Waals surface area (Å²) in [6.45, 7) is 10.2. The van der Waals surface area contributed by atoms with Gasteiger partial charge in [-0.05, 0) is 0 Å². The van der Waals surface area contributed by atoms with Gasteiger partial charge >= 0.3 is 282 Å². The van der Waals surface area contributed by atoms with E-state index in [-0.39, 0.29) is 35.8 Å². The Morgan fingerprint density at radius 3 is 1.24 bits per heavy atom. The second-order valence-corrected chi connectivity index (χ2v) is 60.3. The Labute approximate surface area is 303 Å². The maximum Gasteiger partial charge on any atom is -0.147 e. The fourth-order valence-electron chi connectivity index (χ4n) is 7.58. The summed E-state index contributed by atoms with van der Waals surface area (Å²) in [5.41, 5.74) is 12.0. The van der Waals surface area contributed by atoms with E-state index in [1.807, 2.05) is 6.66 Å². The number of hydrogen-bond donors (Lipinski definition) is 0. The van der Waals surface area contributed by atoms with Crippen LogP contribution >= 0.6 is 24.8 Å². The van der Waals surface area contributed by atoms with Crippen molar-refractivity contribution in [1.29, 1.82) is 0 Å². The Morgan fingerprint density at radius 1 is 0.478 bits per heavy atom. The van der Waals surface area contributed by atoms with Crippen molar-refractivity contribution >= 4 is 42.4 Å². The van der Waals surface area contributed by atoms with Crippen molar-refractivity contribution in [3.63, 3.8) is 0 Å². The van der Waals surface area contributed by atoms with Crippen LogP contribution in [0.2, 0.25) is 26.2 Å². The summed E-state index contributed by atoms with van der Waals surface area (Å²) < 4.78 is 7.25. The van der Waals surface area contributed by atoms with E-state index in [9.17, 15) is 0 Å². The number of benzene rings is 4. The van der Waals surface area contributed by atoms with E-state index in [1.165, 1.54) is 46.2 Å². The van der Waals surface area contributed by atoms with Gasteiger partial charge in [0.25, 0.3) is 0 Å². The predicted octanol–water partition coefficient (Wildman–Crippen LogP) is 10.0. The van der Waals surface area contributed by atoms with Crippen LogP contribution in [-0.4, -0.2) is 11.0 Å². The van der Waals surface area contributed by atoms with Crippen LogP contribution in [0.3, 0.4) is 0 Å². The number of rotatable bonds is 4. The topological polar surface area (TPSA) is 0 Å². The third-order valence-corrected chi connectivity index (χ3v) is 57.2. The molecule has 232 valence electrons. The molecule has 6 heteroatoms. The Hall–Kier alpha value is -1.41. The molecule has 0 amide bonds. The third-order valence-electron chi connectivity index (χ3n) is 9.42. The molecule has 0 heterocycles. The molecule has 0 saturated carbocycles. The molecule has 0 aliphatic heterocycles. The van der Waals surface area contributed by atoms with Crippen molar-refractivity contribution in [3.05, 3.63) is 150 Å². The number of halogens is 2. The van der Waals surface area contributed by atoms with Gasteiger partial charge in [-0.1, -0.05) is 0 Å². The van der Waals surface area contributed by atoms with Crippen LogP contribution in [0.25, 0.3) is 22.3 Å². The summed E-state index contributed by atoms with van der Waals surface area (Å²) in [6, 6.07) is 32.2. The Bertz CT molecular complexity index is 1860. The van der Waals surface area contributed by atoms with Gasteiger partial charge < -0.3 is 0 Å². The number of hydrogen-bond acceptors (Lipinski definition) is 0. The van der Waals surface area contributed by atoms with Crippen LogP contribution in [0, 0.1) is 0 Å². The average Bonchev–Trinajstić information content (AvgIpc) is 3.84. The molecule has 0 atom stereocenters. The minimum absolute atomic E-state index is 0. The Balaban J connectivity index is 0.000000174. The van der Waals surface area contributed by atoms with E-state index in [0.717, 1.165) is 12.8 Å². The molecule has 8 rings (SSSR count). The van der Waals surface area contributed by atoms with Crippen LogP contribution in [0.1, 0.15) is 35.1 Å². The molecule has 0 unspecified atom stereocenters. The van der Waals surface area contributed by atoms with Gasteiger partial charge in [-0.15, -0.1) is 24.8 Å². The summed E-state index contributed by atoms with van der Waals surface area (Å²) in [4.78, 5) is 0. The van der Waals surface area contributed by atoms with Gasteiger partial charge in [0, 0.05) is 0 Å². The van der Waals surface area contributed by atoms with Crippen molar-refractivity contribution in [2.45, 2.75) is 51.9 Å².